The maximum atomic E-state index is 11.4. The second kappa shape index (κ2) is 4.01. The number of rotatable bonds is 3. The molecule has 0 spiro atoms. The van der Waals surface area contributed by atoms with Gasteiger partial charge in [0.1, 0.15) is 5.78 Å². The highest BCUT2D eigenvalue weighted by atomic mass is 16.3. The molecule has 1 fully saturated rings. The highest BCUT2D eigenvalue weighted by Crippen LogP contribution is 2.11. The fraction of sp³-hybridized carbons (Fsp3) is 0.889. The molecule has 1 aliphatic rings. The lowest BCUT2D eigenvalue weighted by Crippen LogP contribution is -2.31. The van der Waals surface area contributed by atoms with Crippen molar-refractivity contribution in [3.63, 3.8) is 0 Å². The van der Waals surface area contributed by atoms with E-state index in [2.05, 4.69) is 5.32 Å². The van der Waals surface area contributed by atoms with Crippen LogP contribution in [0.1, 0.15) is 26.7 Å². The third-order valence-corrected chi connectivity index (χ3v) is 2.11. The lowest BCUT2D eigenvalue weighted by atomic mass is 10.0. The summed E-state index contributed by atoms with van der Waals surface area (Å²) in [7, 11) is 0. The number of hydrogen-bond acceptors (Lipinski definition) is 3. The number of hydrogen-bond donors (Lipinski definition) is 2. The summed E-state index contributed by atoms with van der Waals surface area (Å²) in [5, 5.41) is 12.2. The van der Waals surface area contributed by atoms with Crippen molar-refractivity contribution < 1.29 is 9.90 Å². The summed E-state index contributed by atoms with van der Waals surface area (Å²) in [5.41, 5.74) is 0. The monoisotopic (exact) mass is 171 g/mol. The molecule has 0 aromatic rings. The molecule has 0 unspecified atom stereocenters. The summed E-state index contributed by atoms with van der Waals surface area (Å²) in [4.78, 5) is 11.4. The zero-order valence-corrected chi connectivity index (χ0v) is 7.71. The van der Waals surface area contributed by atoms with Gasteiger partial charge in [-0.15, -0.1) is 0 Å². The first-order chi connectivity index (χ1) is 5.59. The molecule has 1 saturated heterocycles. The smallest absolute Gasteiger partial charge is 0.150 e. The number of β-amino-alcohol motifs (C(OH)–C–C–N with tert-alkyl or cyclic N) is 1. The number of carbonyl (C=O) groups is 1. The van der Waals surface area contributed by atoms with Crippen LogP contribution in [0.25, 0.3) is 0 Å². The van der Waals surface area contributed by atoms with Crippen LogP contribution in [0.15, 0.2) is 0 Å². The molecule has 0 aromatic heterocycles. The number of nitrogens with one attached hydrogen (secondary N) is 1. The predicted octanol–water partition coefficient (Wildman–Crippen LogP) is 0.324. The van der Waals surface area contributed by atoms with Crippen molar-refractivity contribution in [3.8, 4) is 0 Å². The molecule has 0 aliphatic carbocycles. The van der Waals surface area contributed by atoms with Gasteiger partial charge in [0.15, 0.2) is 0 Å². The van der Waals surface area contributed by atoms with E-state index in [0.717, 1.165) is 0 Å². The third kappa shape index (κ3) is 2.57. The number of Topliss-reactive ketones (excluding diaryl/α,β-unsaturated/α-hetero) is 1. The van der Waals surface area contributed by atoms with Gasteiger partial charge in [0, 0.05) is 13.0 Å². The average molecular weight is 171 g/mol. The maximum Gasteiger partial charge on any atom is 0.150 e. The second-order valence-corrected chi connectivity index (χ2v) is 3.91. The lowest BCUT2D eigenvalue weighted by Gasteiger charge is -2.09. The van der Waals surface area contributed by atoms with Crippen LogP contribution in [0.2, 0.25) is 0 Å². The SMILES string of the molecule is CC(C)CC(=O)[C@@H]1C[C@H](O)CN1. The Morgan fingerprint density at radius 3 is 2.75 bits per heavy atom. The van der Waals surface area contributed by atoms with Gasteiger partial charge >= 0.3 is 0 Å². The van der Waals surface area contributed by atoms with E-state index in [1.165, 1.54) is 0 Å². The minimum absolute atomic E-state index is 0.0950. The number of aliphatic hydroxyl groups excluding tert-OH is 1. The van der Waals surface area contributed by atoms with Crippen molar-refractivity contribution in [1.82, 2.24) is 5.32 Å². The predicted molar refractivity (Wildman–Crippen MR) is 46.9 cm³/mol. The summed E-state index contributed by atoms with van der Waals surface area (Å²) in [5.74, 6) is 0.651. The van der Waals surface area contributed by atoms with Crippen LogP contribution in [0.4, 0.5) is 0 Å². The Kier molecular flexibility index (Phi) is 3.23. The van der Waals surface area contributed by atoms with Crippen LogP contribution in [0.3, 0.4) is 0 Å². The summed E-state index contributed by atoms with van der Waals surface area (Å²) >= 11 is 0. The molecule has 0 saturated carbocycles. The molecule has 0 aromatic carbocycles. The molecule has 1 rings (SSSR count). The van der Waals surface area contributed by atoms with Crippen LogP contribution in [-0.2, 0) is 4.79 Å². The number of ketones is 1. The second-order valence-electron chi connectivity index (χ2n) is 3.91. The molecule has 0 bridgehead atoms. The van der Waals surface area contributed by atoms with Gasteiger partial charge in [-0.25, -0.2) is 0 Å². The minimum Gasteiger partial charge on any atom is -0.392 e. The molecule has 0 radical (unpaired) electrons. The number of carbonyl (C=O) groups excluding carboxylic acids is 1. The van der Waals surface area contributed by atoms with Crippen LogP contribution < -0.4 is 5.32 Å². The third-order valence-electron chi connectivity index (χ3n) is 2.11. The van der Waals surface area contributed by atoms with Gasteiger partial charge in [-0.05, 0) is 12.3 Å². The fourth-order valence-electron chi connectivity index (χ4n) is 1.51. The van der Waals surface area contributed by atoms with E-state index in [9.17, 15) is 4.79 Å². The Morgan fingerprint density at radius 2 is 2.33 bits per heavy atom. The normalized spacial score (nSPS) is 29.7. The van der Waals surface area contributed by atoms with Crippen molar-refractivity contribution in [2.75, 3.05) is 6.54 Å². The van der Waals surface area contributed by atoms with E-state index >= 15 is 0 Å². The van der Waals surface area contributed by atoms with Crippen molar-refractivity contribution in [2.24, 2.45) is 5.92 Å². The first kappa shape index (κ1) is 9.68. The van der Waals surface area contributed by atoms with Crippen molar-refractivity contribution in [1.29, 1.82) is 0 Å². The largest absolute Gasteiger partial charge is 0.392 e. The Bertz CT molecular complexity index is 168. The van der Waals surface area contributed by atoms with E-state index in [1.807, 2.05) is 13.8 Å². The van der Waals surface area contributed by atoms with Gasteiger partial charge in [-0.1, -0.05) is 13.8 Å². The average Bonchev–Trinajstić information content (AvgIpc) is 2.34. The summed E-state index contributed by atoms with van der Waals surface area (Å²) < 4.78 is 0. The highest BCUT2D eigenvalue weighted by Gasteiger charge is 2.27. The Balaban J connectivity index is 2.33. The van der Waals surface area contributed by atoms with E-state index < -0.39 is 0 Å². The van der Waals surface area contributed by atoms with Crippen LogP contribution in [-0.4, -0.2) is 29.6 Å². The van der Waals surface area contributed by atoms with Crippen LogP contribution in [0.5, 0.6) is 0 Å². The fourth-order valence-corrected chi connectivity index (χ4v) is 1.51. The summed E-state index contributed by atoms with van der Waals surface area (Å²) in [6.07, 6.45) is 0.877. The Labute approximate surface area is 73.2 Å². The van der Waals surface area contributed by atoms with Crippen molar-refractivity contribution in [2.45, 2.75) is 38.8 Å². The molecule has 3 nitrogen and oxygen atoms in total. The van der Waals surface area contributed by atoms with Crippen molar-refractivity contribution >= 4 is 5.78 Å². The van der Waals surface area contributed by atoms with Crippen LogP contribution >= 0.6 is 0 Å². The first-order valence-electron chi connectivity index (χ1n) is 4.53. The summed E-state index contributed by atoms with van der Waals surface area (Å²) in [6, 6.07) is -0.0950. The number of aliphatic hydroxyl groups is 1. The molecule has 2 N–H and O–H groups in total. The Hall–Kier alpha value is -0.410. The maximum absolute atomic E-state index is 11.4. The summed E-state index contributed by atoms with van der Waals surface area (Å²) in [6.45, 7) is 4.63. The van der Waals surface area contributed by atoms with Gasteiger partial charge in [0.05, 0.1) is 12.1 Å². The van der Waals surface area contributed by atoms with E-state index in [0.29, 0.717) is 25.3 Å². The standard InChI is InChI=1S/C9H17NO2/c1-6(2)3-9(12)8-4-7(11)5-10-8/h6-8,10-11H,3-5H2,1-2H3/t7-,8-/m0/s1. The minimum atomic E-state index is -0.328. The van der Waals surface area contributed by atoms with Gasteiger partial charge in [-0.2, -0.15) is 0 Å². The molecule has 3 heteroatoms. The topological polar surface area (TPSA) is 49.3 Å². The first-order valence-corrected chi connectivity index (χ1v) is 4.53. The van der Waals surface area contributed by atoms with Gasteiger partial charge in [-0.3, -0.25) is 4.79 Å². The molecule has 0 amide bonds. The zero-order chi connectivity index (χ0) is 9.14. The molecule has 70 valence electrons. The lowest BCUT2D eigenvalue weighted by molar-refractivity contribution is -0.121. The quantitative estimate of drug-likeness (QED) is 0.643. The van der Waals surface area contributed by atoms with E-state index in [4.69, 9.17) is 5.11 Å². The van der Waals surface area contributed by atoms with Gasteiger partial charge in [0.25, 0.3) is 0 Å². The molecular weight excluding hydrogens is 154 g/mol. The zero-order valence-electron chi connectivity index (χ0n) is 7.71. The molecular formula is C9H17NO2. The van der Waals surface area contributed by atoms with E-state index in [1.54, 1.807) is 0 Å². The molecule has 1 heterocycles. The Morgan fingerprint density at radius 1 is 1.67 bits per heavy atom. The van der Waals surface area contributed by atoms with Gasteiger partial charge < -0.3 is 10.4 Å². The van der Waals surface area contributed by atoms with Crippen LogP contribution in [0, 0.1) is 5.92 Å². The molecule has 2 atom stereocenters. The van der Waals surface area contributed by atoms with E-state index in [-0.39, 0.29) is 17.9 Å². The van der Waals surface area contributed by atoms with Gasteiger partial charge in [0.2, 0.25) is 0 Å². The molecule has 12 heavy (non-hydrogen) atoms. The highest BCUT2D eigenvalue weighted by molar-refractivity contribution is 5.84. The van der Waals surface area contributed by atoms with Crippen molar-refractivity contribution in [3.05, 3.63) is 0 Å². The molecule has 1 aliphatic heterocycles.